The number of hydrogen-bond acceptors (Lipinski definition) is 14. The first kappa shape index (κ1) is 53.3. The summed E-state index contributed by atoms with van der Waals surface area (Å²) in [5.74, 6) is 0. The van der Waals surface area contributed by atoms with E-state index in [1.165, 1.54) is 30.7 Å². The Bertz CT molecular complexity index is 2540. The van der Waals surface area contributed by atoms with Gasteiger partial charge < -0.3 is 29.2 Å². The number of aliphatic hydroxyl groups excluding tert-OH is 1. The lowest BCUT2D eigenvalue weighted by molar-refractivity contribution is -0.0567. The van der Waals surface area contributed by atoms with Crippen molar-refractivity contribution in [2.45, 2.75) is 199 Å². The zero-order valence-electron chi connectivity index (χ0n) is 40.7. The Kier molecular flexibility index (Phi) is 16.3. The van der Waals surface area contributed by atoms with Gasteiger partial charge in [0.25, 0.3) is 21.2 Å². The van der Waals surface area contributed by atoms with Gasteiger partial charge in [0.15, 0.2) is 28.5 Å². The molecule has 2 aromatic heterocycles. The fourth-order valence-electron chi connectivity index (χ4n) is 8.18. The molecule has 66 heavy (non-hydrogen) atoms. The van der Waals surface area contributed by atoms with E-state index < -0.39 is 86.1 Å². The average Bonchev–Trinajstić information content (AvgIpc) is 3.83. The summed E-state index contributed by atoms with van der Waals surface area (Å²) >= 11 is 0. The smallest absolute Gasteiger partial charge is 0.333 e. The van der Waals surface area contributed by atoms with Crippen LogP contribution in [0.2, 0.25) is 36.3 Å². The van der Waals surface area contributed by atoms with Crippen LogP contribution in [0.5, 0.6) is 0 Å². The molecular weight excluding hydrogens is 909 g/mol. The fourth-order valence-corrected chi connectivity index (χ4v) is 11.7. The molecule has 23 heteroatoms. The maximum atomic E-state index is 14.5. The van der Waals surface area contributed by atoms with Crippen LogP contribution in [0.15, 0.2) is 47.8 Å². The van der Waals surface area contributed by atoms with Crippen LogP contribution >= 0.6 is 0 Å². The molecule has 0 bridgehead atoms. The van der Waals surface area contributed by atoms with Crippen LogP contribution in [0, 0.1) is 13.8 Å². The van der Waals surface area contributed by atoms with Crippen molar-refractivity contribution in [2.75, 3.05) is 13.2 Å². The third kappa shape index (κ3) is 10.9. The van der Waals surface area contributed by atoms with Gasteiger partial charge in [0.1, 0.15) is 18.4 Å². The Labute approximate surface area is 389 Å². The Morgan fingerprint density at radius 3 is 1.82 bits per heavy atom. The molecule has 0 saturated carbocycles. The van der Waals surface area contributed by atoms with E-state index in [0.717, 1.165) is 37.5 Å². The van der Waals surface area contributed by atoms with E-state index >= 15 is 0 Å². The van der Waals surface area contributed by atoms with E-state index in [2.05, 4.69) is 43.9 Å². The van der Waals surface area contributed by atoms with Crippen LogP contribution in [-0.4, -0.2) is 91.6 Å². The molecule has 370 valence electrons. The molecule has 0 aliphatic carbocycles. The fraction of sp³-hybridized carbons (Fsp3) is 0.767. The van der Waals surface area contributed by atoms with Crippen molar-refractivity contribution < 1.29 is 36.0 Å². The number of aromatic nitrogens is 4. The number of ether oxygens (including phenoxy) is 2. The number of aliphatic hydroxyl groups is 1. The maximum absolute atomic E-state index is 14.5. The number of rotatable bonds is 19. The molecule has 20 nitrogen and oxygen atoms in total. The normalized spacial score (nSPS) is 25.7. The summed E-state index contributed by atoms with van der Waals surface area (Å²) in [6, 6.07) is -0.643. The molecule has 0 radical (unpaired) electrons. The van der Waals surface area contributed by atoms with Gasteiger partial charge in [0, 0.05) is 47.9 Å². The zero-order valence-corrected chi connectivity index (χ0v) is 43.6. The second kappa shape index (κ2) is 20.1. The topological polar surface area (TPSA) is 263 Å². The van der Waals surface area contributed by atoms with Gasteiger partial charge in [-0.25, -0.2) is 13.8 Å². The van der Waals surface area contributed by atoms with Crippen LogP contribution in [0.4, 0.5) is 0 Å². The number of nitrogens with zero attached hydrogens (tertiary/aromatic N) is 7. The predicted octanol–water partition coefficient (Wildman–Crippen LogP) is 5.55. The largest absolute Gasteiger partial charge is 0.414 e. The van der Waals surface area contributed by atoms with Crippen molar-refractivity contribution in [3.8, 4) is 0 Å². The summed E-state index contributed by atoms with van der Waals surface area (Å²) in [5, 5.41) is 13.7. The van der Waals surface area contributed by atoms with E-state index in [1.54, 1.807) is 13.8 Å². The minimum atomic E-state index is -4.29. The maximum Gasteiger partial charge on any atom is 0.333 e. The number of azide groups is 1. The average molecular weight is 981 g/mol. The van der Waals surface area contributed by atoms with Gasteiger partial charge in [-0.05, 0) is 68.5 Å². The van der Waals surface area contributed by atoms with Crippen molar-refractivity contribution >= 4 is 26.8 Å². The van der Waals surface area contributed by atoms with Crippen molar-refractivity contribution in [1.29, 1.82) is 0 Å². The first-order chi connectivity index (χ1) is 30.5. The van der Waals surface area contributed by atoms with Gasteiger partial charge in [0.05, 0.1) is 36.5 Å². The van der Waals surface area contributed by atoms with Crippen LogP contribution in [-0.2, 0) is 45.7 Å². The summed E-state index contributed by atoms with van der Waals surface area (Å²) in [5.41, 5.74) is 12.2. The number of hydrogen-bond donors (Lipinski definition) is 2. The Hall–Kier alpha value is -3.65. The molecule has 2 fully saturated rings. The molecule has 3 aliphatic heterocycles. The second-order valence-electron chi connectivity index (χ2n) is 21.0. The third-order valence-corrected chi connectivity index (χ3v) is 24.2. The predicted molar refractivity (Wildman–Crippen MR) is 254 cm³/mol. The molecule has 7 atom stereocenters. The van der Waals surface area contributed by atoms with Crippen molar-refractivity contribution in [1.82, 2.24) is 18.3 Å². The monoisotopic (exact) mass is 980 g/mol. The van der Waals surface area contributed by atoms with Gasteiger partial charge in [-0.1, -0.05) is 78.8 Å². The van der Waals surface area contributed by atoms with Crippen LogP contribution in [0.3, 0.4) is 0 Å². The summed E-state index contributed by atoms with van der Waals surface area (Å²) in [6.07, 6.45) is 3.02. The molecule has 1 spiro atoms. The summed E-state index contributed by atoms with van der Waals surface area (Å²) < 4.78 is 63.6. The van der Waals surface area contributed by atoms with E-state index in [4.69, 9.17) is 33.8 Å². The van der Waals surface area contributed by atoms with Gasteiger partial charge >= 0.3 is 11.4 Å². The minimum Gasteiger partial charge on any atom is -0.414 e. The van der Waals surface area contributed by atoms with E-state index in [1.807, 2.05) is 33.9 Å². The molecule has 2 unspecified atom stereocenters. The molecule has 5 rings (SSSR count). The standard InChI is InChI=1S/C43H72N8O12SSi2/c1-28-23-50(34-22-30(46-47-45)31(25-52)60-34)39(55)48(36(28)53)20-18-16-14-13-15-17-19-21-49-37(54)29(2)24-51(40(49)56)38-35(62-66(11,12)42(6,7)8)43(32(44)27-64(57,58)63-43)33(61-38)26-59-65(9,10)41(3,4)5/h23-24,27,30-31,33-35,38,52H,13-22,25-26,44H2,1-12H3/t30-,31+,33?,34+,35-,38+,43?/m0/s1. The summed E-state index contributed by atoms with van der Waals surface area (Å²) in [4.78, 5) is 57.3. The summed E-state index contributed by atoms with van der Waals surface area (Å²) in [7, 11) is -9.50. The lowest BCUT2D eigenvalue weighted by Gasteiger charge is -2.43. The second-order valence-corrected chi connectivity index (χ2v) is 32.0. The van der Waals surface area contributed by atoms with Gasteiger partial charge in [0.2, 0.25) is 0 Å². The number of aryl methyl sites for hydroxylation is 2. The van der Waals surface area contributed by atoms with E-state index in [-0.39, 0.29) is 59.6 Å². The SMILES string of the molecule is Cc1cn([C@@H]2OC(CO[Si](C)(C)C(C)(C)C)C3(OS(=O)(=O)C=C3N)[C@H]2O[Si](C)(C)C(C)(C)C)c(=O)n(CCCCCCCCCn2c(=O)c(C)cn([C@H]3C[C@H](N=[N+]=[N-])[C@@H](CO)O3)c2=O)c1=O. The van der Waals surface area contributed by atoms with Crippen LogP contribution in [0.1, 0.15) is 116 Å². The third-order valence-electron chi connectivity index (χ3n) is 14.2. The molecule has 5 heterocycles. The van der Waals surface area contributed by atoms with Crippen LogP contribution < -0.4 is 28.2 Å². The highest BCUT2D eigenvalue weighted by Gasteiger charge is 2.67. The van der Waals surface area contributed by atoms with E-state index in [9.17, 15) is 32.7 Å². The molecule has 2 saturated heterocycles. The molecule has 2 aromatic rings. The van der Waals surface area contributed by atoms with Gasteiger partial charge in [-0.15, -0.1) is 0 Å². The highest BCUT2D eigenvalue weighted by atomic mass is 32.2. The molecule has 3 N–H and O–H groups in total. The Balaban J connectivity index is 1.28. The first-order valence-corrected chi connectivity index (χ1v) is 30.2. The minimum absolute atomic E-state index is 0.0875. The number of unbranched alkanes of at least 4 members (excludes halogenated alkanes) is 6. The van der Waals surface area contributed by atoms with E-state index in [0.29, 0.717) is 18.4 Å². The first-order valence-electron chi connectivity index (χ1n) is 22.9. The Morgan fingerprint density at radius 1 is 0.848 bits per heavy atom. The highest BCUT2D eigenvalue weighted by molar-refractivity contribution is 7.90. The summed E-state index contributed by atoms with van der Waals surface area (Å²) in [6.45, 7) is 23.6. The molecular formula is C43H72N8O12SSi2. The Morgan fingerprint density at radius 2 is 1.35 bits per heavy atom. The lowest BCUT2D eigenvalue weighted by atomic mass is 9.89. The van der Waals surface area contributed by atoms with Crippen LogP contribution in [0.25, 0.3) is 10.4 Å². The highest BCUT2D eigenvalue weighted by Crippen LogP contribution is 2.52. The van der Waals surface area contributed by atoms with Gasteiger partial charge in [-0.3, -0.25) is 27.9 Å². The van der Waals surface area contributed by atoms with Gasteiger partial charge in [-0.2, -0.15) is 8.42 Å². The molecule has 0 aromatic carbocycles. The van der Waals surface area contributed by atoms with Crippen molar-refractivity contribution in [3.63, 3.8) is 0 Å². The zero-order chi connectivity index (χ0) is 49.4. The lowest BCUT2D eigenvalue weighted by Crippen LogP contribution is -2.59. The molecule has 0 amide bonds. The van der Waals surface area contributed by atoms with Crippen molar-refractivity contribution in [2.24, 2.45) is 10.8 Å². The quantitative estimate of drug-likeness (QED) is 0.0438. The van der Waals surface area contributed by atoms with Crippen molar-refractivity contribution in [3.05, 3.63) is 86.7 Å². The molecule has 3 aliphatic rings. The number of nitrogens with two attached hydrogens (primary N) is 1.